The lowest BCUT2D eigenvalue weighted by Gasteiger charge is -2.59. The Kier molecular flexibility index (Phi) is 4.26. The van der Waals surface area contributed by atoms with Crippen LogP contribution in [-0.2, 0) is 23.8 Å². The number of fused-ring (bicyclic) bond motifs is 3. The van der Waals surface area contributed by atoms with Crippen LogP contribution in [0.25, 0.3) is 0 Å². The molecule has 0 bridgehead atoms. The Morgan fingerprint density at radius 2 is 1.75 bits per heavy atom. The van der Waals surface area contributed by atoms with Crippen LogP contribution in [-0.4, -0.2) is 23.8 Å². The second-order valence-electron chi connectivity index (χ2n) is 10.3. The molecule has 2 saturated carbocycles. The maximum absolute atomic E-state index is 12.8. The molecule has 28 heavy (non-hydrogen) atoms. The van der Waals surface area contributed by atoms with Crippen molar-refractivity contribution in [1.82, 2.24) is 0 Å². The summed E-state index contributed by atoms with van der Waals surface area (Å²) in [7, 11) is 0. The predicted molar refractivity (Wildman–Crippen MR) is 104 cm³/mol. The summed E-state index contributed by atoms with van der Waals surface area (Å²) >= 11 is 0. The molecule has 0 spiro atoms. The van der Waals surface area contributed by atoms with Gasteiger partial charge in [-0.2, -0.15) is 0 Å². The fraction of sp³-hybridized carbons (Fsp3) is 0.739. The number of carbonyl (C=O) groups is 2. The van der Waals surface area contributed by atoms with Gasteiger partial charge in [-0.15, -0.1) is 0 Å². The molecule has 2 aliphatic carbocycles. The van der Waals surface area contributed by atoms with Crippen molar-refractivity contribution < 1.29 is 23.8 Å². The van der Waals surface area contributed by atoms with E-state index in [4.69, 9.17) is 14.2 Å². The van der Waals surface area contributed by atoms with E-state index in [-0.39, 0.29) is 28.7 Å². The summed E-state index contributed by atoms with van der Waals surface area (Å²) in [6, 6.07) is 0. The maximum Gasteiger partial charge on any atom is 0.338 e. The van der Waals surface area contributed by atoms with Gasteiger partial charge in [-0.05, 0) is 63.2 Å². The summed E-state index contributed by atoms with van der Waals surface area (Å²) < 4.78 is 17.0. The van der Waals surface area contributed by atoms with Crippen molar-refractivity contribution in [2.75, 3.05) is 0 Å². The lowest BCUT2D eigenvalue weighted by atomic mass is 9.45. The summed E-state index contributed by atoms with van der Waals surface area (Å²) in [6.45, 7) is 12.7. The first-order valence-corrected chi connectivity index (χ1v) is 10.5. The quantitative estimate of drug-likeness (QED) is 0.391. The van der Waals surface area contributed by atoms with Crippen molar-refractivity contribution in [2.24, 2.45) is 22.7 Å². The smallest absolute Gasteiger partial charge is 0.338 e. The summed E-state index contributed by atoms with van der Waals surface area (Å²) in [5, 5.41) is 0. The Bertz CT molecular complexity index is 791. The molecule has 0 N–H and O–H groups in total. The number of hydrogen-bond donors (Lipinski definition) is 0. The standard InChI is InChI=1S/C23H32O5/c1-13-14(2)20(27-18(13)24)26-12-15-17-22(5)10-7-9-21(3,4)16(22)8-11-23(17,6)28-19(15)25/h12,16-17,20H,7-11H2,1-6H3/b15-12+/t16-,17+,20?,22-,23+/m0/s1. The van der Waals surface area contributed by atoms with E-state index < -0.39 is 11.9 Å². The highest BCUT2D eigenvalue weighted by Gasteiger charge is 2.65. The van der Waals surface area contributed by atoms with E-state index >= 15 is 0 Å². The lowest BCUT2D eigenvalue weighted by molar-refractivity contribution is -0.164. The zero-order valence-electron chi connectivity index (χ0n) is 17.9. The first-order valence-electron chi connectivity index (χ1n) is 10.5. The second kappa shape index (κ2) is 6.11. The summed E-state index contributed by atoms with van der Waals surface area (Å²) in [5.74, 6) is -0.120. The summed E-state index contributed by atoms with van der Waals surface area (Å²) in [6.07, 6.45) is 6.20. The molecule has 4 aliphatic rings. The molecule has 0 aromatic rings. The Morgan fingerprint density at radius 3 is 2.39 bits per heavy atom. The molecule has 5 nitrogen and oxygen atoms in total. The highest BCUT2D eigenvalue weighted by molar-refractivity contribution is 5.92. The molecule has 5 atom stereocenters. The number of ether oxygens (including phenoxy) is 3. The number of hydrogen-bond acceptors (Lipinski definition) is 5. The Balaban J connectivity index is 1.68. The van der Waals surface area contributed by atoms with Gasteiger partial charge in [-0.1, -0.05) is 27.2 Å². The van der Waals surface area contributed by atoms with Crippen LogP contribution in [0.15, 0.2) is 23.0 Å². The molecule has 154 valence electrons. The van der Waals surface area contributed by atoms with Crippen LogP contribution in [0.5, 0.6) is 0 Å². The molecule has 2 heterocycles. The molecular weight excluding hydrogens is 356 g/mol. The van der Waals surface area contributed by atoms with Gasteiger partial charge in [0, 0.05) is 17.1 Å². The third-order valence-corrected chi connectivity index (χ3v) is 8.13. The lowest BCUT2D eigenvalue weighted by Crippen LogP contribution is -2.56. The van der Waals surface area contributed by atoms with Crippen molar-refractivity contribution in [2.45, 2.75) is 85.5 Å². The first kappa shape index (κ1) is 19.5. The van der Waals surface area contributed by atoms with E-state index in [9.17, 15) is 9.59 Å². The second-order valence-corrected chi connectivity index (χ2v) is 10.3. The maximum atomic E-state index is 12.8. The van der Waals surface area contributed by atoms with E-state index in [0.29, 0.717) is 17.1 Å². The highest BCUT2D eigenvalue weighted by Crippen LogP contribution is 2.66. The van der Waals surface area contributed by atoms with E-state index in [1.807, 2.05) is 6.92 Å². The van der Waals surface area contributed by atoms with Crippen LogP contribution in [0.2, 0.25) is 0 Å². The molecule has 0 aromatic heterocycles. The third-order valence-electron chi connectivity index (χ3n) is 8.13. The zero-order valence-corrected chi connectivity index (χ0v) is 17.9. The molecule has 2 aliphatic heterocycles. The van der Waals surface area contributed by atoms with Crippen molar-refractivity contribution in [3.05, 3.63) is 23.0 Å². The molecule has 0 amide bonds. The molecule has 3 fully saturated rings. The first-order chi connectivity index (χ1) is 13.0. The molecular formula is C23H32O5. The van der Waals surface area contributed by atoms with E-state index in [0.717, 1.165) is 31.3 Å². The topological polar surface area (TPSA) is 61.8 Å². The van der Waals surface area contributed by atoms with Gasteiger partial charge in [0.05, 0.1) is 11.8 Å². The monoisotopic (exact) mass is 388 g/mol. The van der Waals surface area contributed by atoms with Crippen molar-refractivity contribution in [3.8, 4) is 0 Å². The van der Waals surface area contributed by atoms with Crippen molar-refractivity contribution in [3.63, 3.8) is 0 Å². The van der Waals surface area contributed by atoms with E-state index in [2.05, 4.69) is 27.7 Å². The molecule has 1 unspecified atom stereocenters. The minimum atomic E-state index is -0.755. The minimum absolute atomic E-state index is 0.00619. The van der Waals surface area contributed by atoms with Crippen LogP contribution < -0.4 is 0 Å². The summed E-state index contributed by atoms with van der Waals surface area (Å²) in [5.41, 5.74) is 1.68. The van der Waals surface area contributed by atoms with Gasteiger partial charge >= 0.3 is 11.9 Å². The minimum Gasteiger partial charge on any atom is -0.458 e. The Morgan fingerprint density at radius 1 is 1.04 bits per heavy atom. The van der Waals surface area contributed by atoms with Crippen LogP contribution >= 0.6 is 0 Å². The van der Waals surface area contributed by atoms with Crippen LogP contribution in [0.1, 0.15) is 73.6 Å². The number of carbonyl (C=O) groups excluding carboxylic acids is 2. The summed E-state index contributed by atoms with van der Waals surface area (Å²) in [4.78, 5) is 24.6. The Hall–Kier alpha value is -1.78. The van der Waals surface area contributed by atoms with Gasteiger partial charge in [0.2, 0.25) is 0 Å². The molecule has 0 aromatic carbocycles. The third kappa shape index (κ3) is 2.65. The van der Waals surface area contributed by atoms with Gasteiger partial charge in [-0.25, -0.2) is 9.59 Å². The van der Waals surface area contributed by atoms with Gasteiger partial charge in [0.25, 0.3) is 6.29 Å². The molecule has 1 saturated heterocycles. The van der Waals surface area contributed by atoms with Crippen LogP contribution in [0.3, 0.4) is 0 Å². The van der Waals surface area contributed by atoms with Crippen molar-refractivity contribution >= 4 is 11.9 Å². The Labute approximate surface area is 167 Å². The predicted octanol–water partition coefficient (Wildman–Crippen LogP) is 4.66. The number of esters is 2. The average Bonchev–Trinajstić information content (AvgIpc) is 2.99. The van der Waals surface area contributed by atoms with Gasteiger partial charge in [0.1, 0.15) is 5.60 Å². The number of cyclic esters (lactones) is 1. The fourth-order valence-corrected chi connectivity index (χ4v) is 6.68. The van der Waals surface area contributed by atoms with E-state index in [1.54, 1.807) is 6.92 Å². The molecule has 5 heteroatoms. The normalized spacial score (nSPS) is 43.5. The molecule has 4 rings (SSSR count). The van der Waals surface area contributed by atoms with Crippen molar-refractivity contribution in [1.29, 1.82) is 0 Å². The molecule has 0 radical (unpaired) electrons. The number of rotatable bonds is 2. The zero-order chi connectivity index (χ0) is 20.5. The van der Waals surface area contributed by atoms with Crippen LogP contribution in [0.4, 0.5) is 0 Å². The van der Waals surface area contributed by atoms with E-state index in [1.165, 1.54) is 12.7 Å². The van der Waals surface area contributed by atoms with Gasteiger partial charge in [0.15, 0.2) is 0 Å². The van der Waals surface area contributed by atoms with Crippen LogP contribution in [0, 0.1) is 22.7 Å². The average molecular weight is 389 g/mol. The fourth-order valence-electron chi connectivity index (χ4n) is 6.68. The largest absolute Gasteiger partial charge is 0.458 e. The SMILES string of the molecule is CC1=C(C)C(O/C=C2/C(=O)O[C@]3(C)CC[C@H]4C(C)(C)CCC[C@]4(C)[C@@H]23)OC1=O. The highest BCUT2D eigenvalue weighted by atomic mass is 16.7. The van der Waals surface area contributed by atoms with Gasteiger partial charge in [-0.3, -0.25) is 0 Å². The van der Waals surface area contributed by atoms with Gasteiger partial charge < -0.3 is 14.2 Å².